The largest absolute Gasteiger partial charge is 0.321 e. The molecular formula is C26H21N3O2S. The second-order valence-corrected chi connectivity index (χ2v) is 8.56. The van der Waals surface area contributed by atoms with Crippen LogP contribution in [-0.4, -0.2) is 17.1 Å². The molecule has 5 nitrogen and oxygen atoms in total. The number of para-hydroxylation sites is 2. The molecule has 1 N–H and O–H groups in total. The molecule has 1 atom stereocenters. The fourth-order valence-corrected chi connectivity index (χ4v) is 4.83. The number of amides is 2. The Morgan fingerprint density at radius 2 is 1.62 bits per heavy atom. The molecule has 0 aliphatic carbocycles. The zero-order chi connectivity index (χ0) is 22.5. The summed E-state index contributed by atoms with van der Waals surface area (Å²) in [5.41, 5.74) is 3.10. The van der Waals surface area contributed by atoms with Crippen LogP contribution in [0, 0.1) is 18.3 Å². The summed E-state index contributed by atoms with van der Waals surface area (Å²) in [6, 6.07) is 28.3. The SMILES string of the molecule is Cc1ccccc1NC(=O)/C(C#N)=C1\S[C@H](Cc2ccccc2)C(=O)N1c1ccccc1. The van der Waals surface area contributed by atoms with E-state index in [-0.39, 0.29) is 11.5 Å². The molecule has 3 aromatic rings. The Morgan fingerprint density at radius 1 is 1.00 bits per heavy atom. The van der Waals surface area contributed by atoms with Crippen molar-refractivity contribution in [2.24, 2.45) is 0 Å². The Bertz CT molecular complexity index is 1220. The van der Waals surface area contributed by atoms with Crippen LogP contribution in [0.4, 0.5) is 11.4 Å². The van der Waals surface area contributed by atoms with Crippen molar-refractivity contribution in [3.8, 4) is 6.07 Å². The molecule has 1 saturated heterocycles. The zero-order valence-electron chi connectivity index (χ0n) is 17.5. The number of thioether (sulfide) groups is 1. The second-order valence-electron chi connectivity index (χ2n) is 7.37. The Hall–Kier alpha value is -3.82. The van der Waals surface area contributed by atoms with Crippen molar-refractivity contribution in [3.63, 3.8) is 0 Å². The third-order valence-corrected chi connectivity index (χ3v) is 6.44. The lowest BCUT2D eigenvalue weighted by Gasteiger charge is -2.18. The molecule has 6 heteroatoms. The number of benzene rings is 3. The van der Waals surface area contributed by atoms with Gasteiger partial charge in [0, 0.05) is 11.4 Å². The van der Waals surface area contributed by atoms with Crippen LogP contribution >= 0.6 is 11.8 Å². The third kappa shape index (κ3) is 4.43. The van der Waals surface area contributed by atoms with Gasteiger partial charge in [-0.05, 0) is 42.7 Å². The van der Waals surface area contributed by atoms with E-state index in [1.54, 1.807) is 18.2 Å². The van der Waals surface area contributed by atoms with Crippen LogP contribution < -0.4 is 10.2 Å². The summed E-state index contributed by atoms with van der Waals surface area (Å²) in [6.07, 6.45) is 0.509. The van der Waals surface area contributed by atoms with E-state index in [1.807, 2.05) is 79.7 Å². The van der Waals surface area contributed by atoms with Gasteiger partial charge in [-0.25, -0.2) is 0 Å². The van der Waals surface area contributed by atoms with Crippen molar-refractivity contribution in [2.45, 2.75) is 18.6 Å². The van der Waals surface area contributed by atoms with Crippen molar-refractivity contribution in [3.05, 3.63) is 107 Å². The second kappa shape index (κ2) is 9.54. The van der Waals surface area contributed by atoms with E-state index in [9.17, 15) is 14.9 Å². The van der Waals surface area contributed by atoms with Crippen molar-refractivity contribution in [1.29, 1.82) is 5.26 Å². The Kier molecular flexibility index (Phi) is 6.39. The van der Waals surface area contributed by atoms with Crippen molar-refractivity contribution >= 4 is 35.0 Å². The fourth-order valence-electron chi connectivity index (χ4n) is 3.53. The van der Waals surface area contributed by atoms with E-state index < -0.39 is 11.2 Å². The van der Waals surface area contributed by atoms with Gasteiger partial charge in [-0.1, -0.05) is 78.5 Å². The Labute approximate surface area is 191 Å². The first kappa shape index (κ1) is 21.4. The number of nitrogens with one attached hydrogen (secondary N) is 1. The molecule has 3 aromatic carbocycles. The van der Waals surface area contributed by atoms with Gasteiger partial charge in [0.15, 0.2) is 0 Å². The van der Waals surface area contributed by atoms with E-state index in [0.717, 1.165) is 11.1 Å². The Morgan fingerprint density at radius 3 is 2.28 bits per heavy atom. The summed E-state index contributed by atoms with van der Waals surface area (Å²) in [5, 5.41) is 12.7. The summed E-state index contributed by atoms with van der Waals surface area (Å²) in [6.45, 7) is 1.88. The van der Waals surface area contributed by atoms with Gasteiger partial charge < -0.3 is 5.32 Å². The first-order chi connectivity index (χ1) is 15.6. The number of carbonyl (C=O) groups excluding carboxylic acids is 2. The van der Waals surface area contributed by atoms with Crippen molar-refractivity contribution < 1.29 is 9.59 Å². The number of nitriles is 1. The van der Waals surface area contributed by atoms with E-state index in [1.165, 1.54) is 16.7 Å². The molecular weight excluding hydrogens is 418 g/mol. The van der Waals surface area contributed by atoms with Crippen molar-refractivity contribution in [1.82, 2.24) is 0 Å². The van der Waals surface area contributed by atoms with Gasteiger partial charge in [-0.3, -0.25) is 14.5 Å². The lowest BCUT2D eigenvalue weighted by atomic mass is 10.1. The van der Waals surface area contributed by atoms with E-state index in [4.69, 9.17) is 0 Å². The molecule has 0 spiro atoms. The predicted octanol–water partition coefficient (Wildman–Crippen LogP) is 5.06. The zero-order valence-corrected chi connectivity index (χ0v) is 18.3. The molecule has 0 saturated carbocycles. The van der Waals surface area contributed by atoms with E-state index >= 15 is 0 Å². The molecule has 158 valence electrons. The maximum absolute atomic E-state index is 13.4. The molecule has 0 aromatic heterocycles. The number of anilines is 2. The highest BCUT2D eigenvalue weighted by atomic mass is 32.2. The summed E-state index contributed by atoms with van der Waals surface area (Å²) in [5.74, 6) is -0.671. The van der Waals surface area contributed by atoms with Crippen molar-refractivity contribution in [2.75, 3.05) is 10.2 Å². The van der Waals surface area contributed by atoms with Gasteiger partial charge in [0.05, 0.1) is 5.25 Å². The normalized spacial score (nSPS) is 17.1. The number of carbonyl (C=O) groups is 2. The molecule has 2 amide bonds. The fraction of sp³-hybridized carbons (Fsp3) is 0.115. The maximum atomic E-state index is 13.4. The van der Waals surface area contributed by atoms with Crippen LogP contribution in [0.15, 0.2) is 95.5 Å². The minimum atomic E-state index is -0.529. The summed E-state index contributed by atoms with van der Waals surface area (Å²) >= 11 is 1.26. The van der Waals surface area contributed by atoms with Gasteiger partial charge in [-0.15, -0.1) is 0 Å². The average Bonchev–Trinajstić information content (AvgIpc) is 3.12. The van der Waals surface area contributed by atoms with Crippen LogP contribution in [0.5, 0.6) is 0 Å². The molecule has 1 fully saturated rings. The summed E-state index contributed by atoms with van der Waals surface area (Å²) < 4.78 is 0. The van der Waals surface area contributed by atoms with Crippen LogP contribution in [-0.2, 0) is 16.0 Å². The monoisotopic (exact) mass is 439 g/mol. The first-order valence-corrected chi connectivity index (χ1v) is 11.1. The molecule has 1 heterocycles. The summed E-state index contributed by atoms with van der Waals surface area (Å²) in [4.78, 5) is 28.0. The molecule has 0 unspecified atom stereocenters. The minimum Gasteiger partial charge on any atom is -0.321 e. The highest BCUT2D eigenvalue weighted by molar-refractivity contribution is 8.05. The predicted molar refractivity (Wildman–Crippen MR) is 128 cm³/mol. The van der Waals surface area contributed by atoms with Crippen LogP contribution in [0.25, 0.3) is 0 Å². The highest BCUT2D eigenvalue weighted by Crippen LogP contribution is 2.42. The maximum Gasteiger partial charge on any atom is 0.269 e. The van der Waals surface area contributed by atoms with Gasteiger partial charge in [0.2, 0.25) is 5.91 Å². The first-order valence-electron chi connectivity index (χ1n) is 10.2. The van der Waals surface area contributed by atoms with Gasteiger partial charge in [0.25, 0.3) is 5.91 Å². The molecule has 1 aliphatic rings. The number of hydrogen-bond acceptors (Lipinski definition) is 4. The van der Waals surface area contributed by atoms with Crippen LogP contribution in [0.2, 0.25) is 0 Å². The topological polar surface area (TPSA) is 73.2 Å². The minimum absolute atomic E-state index is 0.0778. The summed E-state index contributed by atoms with van der Waals surface area (Å²) in [7, 11) is 0. The average molecular weight is 440 g/mol. The van der Waals surface area contributed by atoms with Gasteiger partial charge in [0.1, 0.15) is 16.7 Å². The van der Waals surface area contributed by atoms with Gasteiger partial charge >= 0.3 is 0 Å². The van der Waals surface area contributed by atoms with Gasteiger partial charge in [-0.2, -0.15) is 5.26 Å². The highest BCUT2D eigenvalue weighted by Gasteiger charge is 2.40. The molecule has 0 bridgehead atoms. The molecule has 32 heavy (non-hydrogen) atoms. The smallest absolute Gasteiger partial charge is 0.269 e. The van der Waals surface area contributed by atoms with E-state index in [0.29, 0.717) is 22.8 Å². The lowest BCUT2D eigenvalue weighted by molar-refractivity contribution is -0.117. The third-order valence-electron chi connectivity index (χ3n) is 5.18. The van der Waals surface area contributed by atoms with Crippen LogP contribution in [0.3, 0.4) is 0 Å². The molecule has 0 radical (unpaired) electrons. The van der Waals surface area contributed by atoms with Crippen LogP contribution in [0.1, 0.15) is 11.1 Å². The molecule has 1 aliphatic heterocycles. The number of aryl methyl sites for hydroxylation is 1. The number of nitrogens with zero attached hydrogens (tertiary/aromatic N) is 2. The molecule has 4 rings (SSSR count). The number of rotatable bonds is 5. The Balaban J connectivity index is 1.72. The lowest BCUT2D eigenvalue weighted by Crippen LogP contribution is -2.30. The standard InChI is InChI=1S/C26H21N3O2S/c1-18-10-8-9-15-22(18)28-24(30)21(17-27)26-29(20-13-6-3-7-14-20)25(31)23(32-26)16-19-11-4-2-5-12-19/h2-15,23H,16H2,1H3,(H,28,30)/b26-21-/t23-/m1/s1. The van der Waals surface area contributed by atoms with E-state index in [2.05, 4.69) is 5.32 Å². The quantitative estimate of drug-likeness (QED) is 0.445. The number of hydrogen-bond donors (Lipinski definition) is 1.